The van der Waals surface area contributed by atoms with Gasteiger partial charge in [-0.3, -0.25) is 0 Å². The third kappa shape index (κ3) is 4.43. The highest BCUT2D eigenvalue weighted by atomic mass is 16.6. The van der Waals surface area contributed by atoms with Gasteiger partial charge in [-0.15, -0.1) is 0 Å². The lowest BCUT2D eigenvalue weighted by Crippen LogP contribution is -2.53. The first-order valence-electron chi connectivity index (χ1n) is 8.31. The molecule has 0 saturated heterocycles. The van der Waals surface area contributed by atoms with Gasteiger partial charge in [-0.25, -0.2) is 20.0 Å². The highest BCUT2D eigenvalue weighted by Gasteiger charge is 2.36. The summed E-state index contributed by atoms with van der Waals surface area (Å²) in [5.41, 5.74) is 3.43. The van der Waals surface area contributed by atoms with Crippen LogP contribution in [-0.2, 0) is 9.47 Å². The van der Waals surface area contributed by atoms with Gasteiger partial charge in [-0.05, 0) is 26.3 Å². The topological polar surface area (TPSA) is 77.1 Å². The Morgan fingerprint density at radius 1 is 1.20 bits per heavy atom. The van der Waals surface area contributed by atoms with Crippen molar-refractivity contribution in [3.05, 3.63) is 42.0 Å². The van der Waals surface area contributed by atoms with Gasteiger partial charge in [0.2, 0.25) is 0 Å². The number of benzene rings is 1. The average molecular weight is 348 g/mol. The predicted octanol–water partition coefficient (Wildman–Crippen LogP) is 3.23. The van der Waals surface area contributed by atoms with Crippen LogP contribution in [0.2, 0.25) is 0 Å². The first kappa shape index (κ1) is 18.6. The molecule has 1 aliphatic carbocycles. The summed E-state index contributed by atoms with van der Waals surface area (Å²) in [7, 11) is 1.60. The SMILES string of the molecule is CCOC(=O)NN(C(=O)OCC)[C@H]1CC=CC1c1ccccc1OC. The van der Waals surface area contributed by atoms with E-state index in [1.807, 2.05) is 36.4 Å². The quantitative estimate of drug-likeness (QED) is 0.653. The van der Waals surface area contributed by atoms with Crippen molar-refractivity contribution in [3.63, 3.8) is 0 Å². The van der Waals surface area contributed by atoms with Gasteiger partial charge in [-0.1, -0.05) is 30.4 Å². The highest BCUT2D eigenvalue weighted by molar-refractivity contribution is 5.74. The van der Waals surface area contributed by atoms with Crippen LogP contribution in [0, 0.1) is 0 Å². The number of hydrogen-bond acceptors (Lipinski definition) is 5. The second-order valence-corrected chi connectivity index (χ2v) is 5.40. The van der Waals surface area contributed by atoms with E-state index in [2.05, 4.69) is 5.43 Å². The van der Waals surface area contributed by atoms with E-state index in [1.165, 1.54) is 5.01 Å². The van der Waals surface area contributed by atoms with E-state index in [1.54, 1.807) is 21.0 Å². The number of rotatable bonds is 5. The van der Waals surface area contributed by atoms with Gasteiger partial charge in [0.15, 0.2) is 0 Å². The van der Waals surface area contributed by atoms with Gasteiger partial charge < -0.3 is 14.2 Å². The fraction of sp³-hybridized carbons (Fsp3) is 0.444. The van der Waals surface area contributed by atoms with Gasteiger partial charge >= 0.3 is 12.2 Å². The van der Waals surface area contributed by atoms with E-state index in [9.17, 15) is 9.59 Å². The molecular weight excluding hydrogens is 324 g/mol. The number of amides is 2. The van der Waals surface area contributed by atoms with Crippen molar-refractivity contribution in [1.82, 2.24) is 10.4 Å². The minimum atomic E-state index is -0.693. The van der Waals surface area contributed by atoms with E-state index < -0.39 is 12.2 Å². The summed E-state index contributed by atoms with van der Waals surface area (Å²) < 4.78 is 15.4. The van der Waals surface area contributed by atoms with E-state index in [4.69, 9.17) is 14.2 Å². The lowest BCUT2D eigenvalue weighted by molar-refractivity contribution is 0.0539. The molecule has 0 fully saturated rings. The molecule has 136 valence electrons. The van der Waals surface area contributed by atoms with Crippen LogP contribution in [0.25, 0.3) is 0 Å². The number of carbonyl (C=O) groups is 2. The Balaban J connectivity index is 2.28. The summed E-state index contributed by atoms with van der Waals surface area (Å²) in [6.07, 6.45) is 3.24. The van der Waals surface area contributed by atoms with Crippen LogP contribution in [-0.4, -0.2) is 43.6 Å². The first-order valence-corrected chi connectivity index (χ1v) is 8.31. The summed E-state index contributed by atoms with van der Waals surface area (Å²) in [5.74, 6) is 0.589. The van der Waals surface area contributed by atoms with Crippen molar-refractivity contribution in [2.45, 2.75) is 32.2 Å². The van der Waals surface area contributed by atoms with Gasteiger partial charge in [0.25, 0.3) is 0 Å². The van der Waals surface area contributed by atoms with Crippen molar-refractivity contribution in [3.8, 4) is 5.75 Å². The van der Waals surface area contributed by atoms with Crippen molar-refractivity contribution >= 4 is 12.2 Å². The second-order valence-electron chi connectivity index (χ2n) is 5.40. The maximum Gasteiger partial charge on any atom is 0.429 e. The van der Waals surface area contributed by atoms with Gasteiger partial charge in [0, 0.05) is 11.5 Å². The van der Waals surface area contributed by atoms with Crippen LogP contribution >= 0.6 is 0 Å². The lowest BCUT2D eigenvalue weighted by Gasteiger charge is -2.32. The molecule has 2 rings (SSSR count). The van der Waals surface area contributed by atoms with E-state index in [-0.39, 0.29) is 25.2 Å². The molecule has 1 unspecified atom stereocenters. The van der Waals surface area contributed by atoms with Crippen LogP contribution in [0.5, 0.6) is 5.75 Å². The van der Waals surface area contributed by atoms with Gasteiger partial charge in [0.05, 0.1) is 26.4 Å². The summed E-state index contributed by atoms with van der Waals surface area (Å²) >= 11 is 0. The summed E-state index contributed by atoms with van der Waals surface area (Å²) in [4.78, 5) is 24.2. The molecule has 1 aliphatic rings. The monoisotopic (exact) mass is 348 g/mol. The molecule has 1 aromatic carbocycles. The molecule has 0 spiro atoms. The molecule has 0 aliphatic heterocycles. The molecule has 2 amide bonds. The zero-order valence-corrected chi connectivity index (χ0v) is 14.7. The molecule has 1 aromatic rings. The molecule has 0 saturated carbocycles. The fourth-order valence-corrected chi connectivity index (χ4v) is 2.88. The molecule has 0 radical (unpaired) electrons. The van der Waals surface area contributed by atoms with Crippen LogP contribution < -0.4 is 10.2 Å². The Morgan fingerprint density at radius 3 is 2.60 bits per heavy atom. The summed E-state index contributed by atoms with van der Waals surface area (Å²) in [6, 6.07) is 7.27. The smallest absolute Gasteiger partial charge is 0.429 e. The van der Waals surface area contributed by atoms with Crippen molar-refractivity contribution in [2.75, 3.05) is 20.3 Å². The zero-order valence-electron chi connectivity index (χ0n) is 14.7. The number of hydrazine groups is 1. The Morgan fingerprint density at radius 2 is 1.92 bits per heavy atom. The first-order chi connectivity index (χ1) is 12.1. The van der Waals surface area contributed by atoms with E-state index in [0.717, 1.165) is 11.3 Å². The second kappa shape index (κ2) is 8.96. The number of methoxy groups -OCH3 is 1. The van der Waals surface area contributed by atoms with Crippen LogP contribution in [0.15, 0.2) is 36.4 Å². The molecular formula is C18H24N2O5. The van der Waals surface area contributed by atoms with Crippen LogP contribution in [0.3, 0.4) is 0 Å². The zero-order chi connectivity index (χ0) is 18.2. The van der Waals surface area contributed by atoms with Crippen LogP contribution in [0.1, 0.15) is 31.7 Å². The molecule has 0 aromatic heterocycles. The largest absolute Gasteiger partial charge is 0.496 e. The number of para-hydroxylation sites is 1. The predicted molar refractivity (Wildman–Crippen MR) is 92.3 cm³/mol. The van der Waals surface area contributed by atoms with Crippen molar-refractivity contribution < 1.29 is 23.8 Å². The number of ether oxygens (including phenoxy) is 3. The standard InChI is InChI=1S/C18H24N2O5/c1-4-24-17(21)19-20(18(22)25-5-2)15-11-8-10-13(15)14-9-6-7-12-16(14)23-3/h6-10,12-13,15H,4-5,11H2,1-3H3,(H,19,21)/t13?,15-/m0/s1. The van der Waals surface area contributed by atoms with Gasteiger partial charge in [0.1, 0.15) is 5.75 Å². The Labute approximate surface area is 147 Å². The fourth-order valence-electron chi connectivity index (χ4n) is 2.88. The van der Waals surface area contributed by atoms with E-state index >= 15 is 0 Å². The number of carbonyl (C=O) groups excluding carboxylic acids is 2. The van der Waals surface area contributed by atoms with Gasteiger partial charge in [-0.2, -0.15) is 0 Å². The highest BCUT2D eigenvalue weighted by Crippen LogP contribution is 2.37. The third-order valence-corrected chi connectivity index (χ3v) is 3.92. The van der Waals surface area contributed by atoms with Crippen LogP contribution in [0.4, 0.5) is 9.59 Å². The molecule has 1 N–H and O–H groups in total. The number of hydrogen-bond donors (Lipinski definition) is 1. The minimum Gasteiger partial charge on any atom is -0.496 e. The number of nitrogens with one attached hydrogen (secondary N) is 1. The Bertz CT molecular complexity index is 632. The molecule has 7 nitrogen and oxygen atoms in total. The number of nitrogens with zero attached hydrogens (tertiary/aromatic N) is 1. The minimum absolute atomic E-state index is 0.137. The maximum atomic E-state index is 12.4. The summed E-state index contributed by atoms with van der Waals surface area (Å²) in [5, 5.41) is 1.21. The van der Waals surface area contributed by atoms with Crippen molar-refractivity contribution in [1.29, 1.82) is 0 Å². The van der Waals surface area contributed by atoms with Crippen molar-refractivity contribution in [2.24, 2.45) is 0 Å². The summed E-state index contributed by atoms with van der Waals surface area (Å²) in [6.45, 7) is 3.83. The molecule has 25 heavy (non-hydrogen) atoms. The maximum absolute atomic E-state index is 12.4. The normalized spacial score (nSPS) is 18.5. The Kier molecular flexibility index (Phi) is 6.68. The lowest BCUT2D eigenvalue weighted by atomic mass is 9.93. The van der Waals surface area contributed by atoms with E-state index in [0.29, 0.717) is 6.42 Å². The molecule has 7 heteroatoms. The average Bonchev–Trinajstić information content (AvgIpc) is 3.09. The molecule has 0 bridgehead atoms. The third-order valence-electron chi connectivity index (χ3n) is 3.92. The Hall–Kier alpha value is -2.70. The molecule has 2 atom stereocenters. The molecule has 0 heterocycles.